The lowest BCUT2D eigenvalue weighted by Gasteiger charge is -2.27. The maximum absolute atomic E-state index is 12.5. The van der Waals surface area contributed by atoms with E-state index in [1.54, 1.807) is 4.90 Å². The van der Waals surface area contributed by atoms with E-state index in [0.717, 1.165) is 5.71 Å². The van der Waals surface area contributed by atoms with E-state index >= 15 is 0 Å². The van der Waals surface area contributed by atoms with Crippen LogP contribution in [0.25, 0.3) is 11.1 Å². The second-order valence-corrected chi connectivity index (χ2v) is 6.89. The SMILES string of the molecule is O=C(O)NN=C1CCN(C(=O)OCC2c3ccccc3-c3ccccc32)CC1. The Bertz CT molecular complexity index is 885. The molecular formula is C21H21N3O4. The molecule has 2 aromatic rings. The fourth-order valence-corrected chi connectivity index (χ4v) is 3.87. The fraction of sp³-hybridized carbons (Fsp3) is 0.286. The van der Waals surface area contributed by atoms with Gasteiger partial charge in [-0.25, -0.2) is 15.0 Å². The Hall–Kier alpha value is -3.35. The highest BCUT2D eigenvalue weighted by atomic mass is 16.6. The third-order valence-corrected chi connectivity index (χ3v) is 5.24. The van der Waals surface area contributed by atoms with Gasteiger partial charge in [-0.1, -0.05) is 48.5 Å². The van der Waals surface area contributed by atoms with Gasteiger partial charge in [0.1, 0.15) is 6.61 Å². The minimum atomic E-state index is -1.19. The molecule has 2 aliphatic rings. The van der Waals surface area contributed by atoms with Crippen molar-refractivity contribution in [1.82, 2.24) is 10.3 Å². The van der Waals surface area contributed by atoms with E-state index in [2.05, 4.69) is 29.4 Å². The van der Waals surface area contributed by atoms with Crippen molar-refractivity contribution in [1.29, 1.82) is 0 Å². The Morgan fingerprint density at radius 2 is 1.61 bits per heavy atom. The predicted molar refractivity (Wildman–Crippen MR) is 104 cm³/mol. The molecule has 0 spiro atoms. The summed E-state index contributed by atoms with van der Waals surface area (Å²) in [6.45, 7) is 1.23. The van der Waals surface area contributed by atoms with Crippen molar-refractivity contribution in [3.05, 3.63) is 59.7 Å². The van der Waals surface area contributed by atoms with Crippen LogP contribution in [0, 0.1) is 0 Å². The van der Waals surface area contributed by atoms with Crippen LogP contribution in [0.15, 0.2) is 53.6 Å². The highest BCUT2D eigenvalue weighted by Crippen LogP contribution is 2.44. The highest BCUT2D eigenvalue weighted by Gasteiger charge is 2.30. The number of hydrogen-bond donors (Lipinski definition) is 2. The smallest absolute Gasteiger partial charge is 0.425 e. The molecule has 2 N–H and O–H groups in total. The maximum atomic E-state index is 12.5. The molecular weight excluding hydrogens is 358 g/mol. The van der Waals surface area contributed by atoms with Gasteiger partial charge < -0.3 is 14.7 Å². The van der Waals surface area contributed by atoms with Gasteiger partial charge in [0.15, 0.2) is 0 Å². The molecule has 2 amide bonds. The van der Waals surface area contributed by atoms with Crippen LogP contribution in [-0.4, -0.2) is 47.6 Å². The van der Waals surface area contributed by atoms with Crippen LogP contribution in [0.1, 0.15) is 29.9 Å². The molecule has 0 atom stereocenters. The van der Waals surface area contributed by atoms with Crippen LogP contribution >= 0.6 is 0 Å². The number of hydrazone groups is 1. The first-order chi connectivity index (χ1) is 13.6. The lowest BCUT2D eigenvalue weighted by Crippen LogP contribution is -2.40. The molecule has 7 nitrogen and oxygen atoms in total. The Morgan fingerprint density at radius 1 is 1.04 bits per heavy atom. The van der Waals surface area contributed by atoms with Crippen molar-refractivity contribution in [2.24, 2.45) is 5.10 Å². The number of fused-ring (bicyclic) bond motifs is 3. The van der Waals surface area contributed by atoms with Crippen molar-refractivity contribution in [2.45, 2.75) is 18.8 Å². The van der Waals surface area contributed by atoms with Crippen molar-refractivity contribution < 1.29 is 19.4 Å². The van der Waals surface area contributed by atoms with E-state index in [9.17, 15) is 9.59 Å². The molecule has 1 aliphatic carbocycles. The van der Waals surface area contributed by atoms with Crippen molar-refractivity contribution in [3.63, 3.8) is 0 Å². The van der Waals surface area contributed by atoms with Crippen LogP contribution in [-0.2, 0) is 4.74 Å². The number of amides is 2. The molecule has 1 aliphatic heterocycles. The van der Waals surface area contributed by atoms with E-state index in [4.69, 9.17) is 9.84 Å². The fourth-order valence-electron chi connectivity index (χ4n) is 3.87. The van der Waals surface area contributed by atoms with Crippen LogP contribution in [0.2, 0.25) is 0 Å². The number of nitrogens with one attached hydrogen (secondary N) is 1. The standard InChI is InChI=1S/C21H21N3O4/c25-20(26)23-22-14-9-11-24(12-10-14)21(27)28-13-19-17-7-3-1-5-15(17)16-6-2-4-8-18(16)19/h1-8,19,23H,9-13H2,(H,25,26). The van der Waals surface area contributed by atoms with Gasteiger partial charge in [0, 0.05) is 37.6 Å². The van der Waals surface area contributed by atoms with E-state index in [1.165, 1.54) is 22.3 Å². The van der Waals surface area contributed by atoms with E-state index in [0.29, 0.717) is 32.5 Å². The Labute approximate surface area is 162 Å². The van der Waals surface area contributed by atoms with Crippen molar-refractivity contribution in [2.75, 3.05) is 19.7 Å². The number of likely N-dealkylation sites (tertiary alicyclic amines) is 1. The zero-order valence-electron chi connectivity index (χ0n) is 15.3. The Balaban J connectivity index is 1.38. The molecule has 0 bridgehead atoms. The first kappa shape index (κ1) is 18.0. The summed E-state index contributed by atoms with van der Waals surface area (Å²) in [5, 5.41) is 12.4. The van der Waals surface area contributed by atoms with E-state index in [1.807, 2.05) is 29.7 Å². The monoisotopic (exact) mass is 379 g/mol. The van der Waals surface area contributed by atoms with Gasteiger partial charge in [-0.05, 0) is 22.3 Å². The quantitative estimate of drug-likeness (QED) is 0.797. The number of piperidine rings is 1. The molecule has 4 rings (SSSR count). The third kappa shape index (κ3) is 3.55. The first-order valence-corrected chi connectivity index (χ1v) is 9.28. The number of hydrogen-bond acceptors (Lipinski definition) is 4. The number of carbonyl (C=O) groups is 2. The first-order valence-electron chi connectivity index (χ1n) is 9.28. The Morgan fingerprint density at radius 3 is 2.18 bits per heavy atom. The lowest BCUT2D eigenvalue weighted by molar-refractivity contribution is 0.0995. The van der Waals surface area contributed by atoms with Crippen molar-refractivity contribution in [3.8, 4) is 11.1 Å². The molecule has 0 unspecified atom stereocenters. The molecule has 28 heavy (non-hydrogen) atoms. The lowest BCUT2D eigenvalue weighted by atomic mass is 9.98. The third-order valence-electron chi connectivity index (χ3n) is 5.24. The maximum Gasteiger partial charge on any atom is 0.425 e. The number of nitrogens with zero attached hydrogens (tertiary/aromatic N) is 2. The Kier molecular flexibility index (Phi) is 4.97. The zero-order chi connectivity index (χ0) is 19.5. The number of ether oxygens (including phenoxy) is 1. The molecule has 144 valence electrons. The summed E-state index contributed by atoms with van der Waals surface area (Å²) >= 11 is 0. The minimum absolute atomic E-state index is 0.0398. The summed E-state index contributed by atoms with van der Waals surface area (Å²) in [4.78, 5) is 24.6. The molecule has 2 aromatic carbocycles. The molecule has 1 fully saturated rings. The van der Waals surface area contributed by atoms with Crippen LogP contribution in [0.4, 0.5) is 9.59 Å². The molecule has 0 aromatic heterocycles. The second kappa shape index (κ2) is 7.72. The van der Waals surface area contributed by atoms with Crippen molar-refractivity contribution >= 4 is 17.9 Å². The number of carboxylic acid groups (broad SMARTS) is 1. The summed E-state index contributed by atoms with van der Waals surface area (Å²) < 4.78 is 5.65. The van der Waals surface area contributed by atoms with Gasteiger partial charge in [0.2, 0.25) is 0 Å². The summed E-state index contributed by atoms with van der Waals surface area (Å²) in [6.07, 6.45) is -0.465. The van der Waals surface area contributed by atoms with Gasteiger partial charge in [-0.3, -0.25) is 0 Å². The van der Waals surface area contributed by atoms with Crippen LogP contribution in [0.5, 0.6) is 0 Å². The van der Waals surface area contributed by atoms with E-state index in [-0.39, 0.29) is 12.0 Å². The van der Waals surface area contributed by atoms with Gasteiger partial charge >= 0.3 is 12.2 Å². The average molecular weight is 379 g/mol. The molecule has 7 heteroatoms. The number of carbonyl (C=O) groups excluding carboxylic acids is 1. The predicted octanol–water partition coefficient (Wildman–Crippen LogP) is 3.65. The number of rotatable bonds is 3. The summed E-state index contributed by atoms with van der Waals surface area (Å²) in [5.41, 5.74) is 7.52. The summed E-state index contributed by atoms with van der Waals surface area (Å²) in [6, 6.07) is 16.5. The summed E-state index contributed by atoms with van der Waals surface area (Å²) in [7, 11) is 0. The van der Waals surface area contributed by atoms with Gasteiger partial charge in [-0.15, -0.1) is 0 Å². The largest absolute Gasteiger partial charge is 0.464 e. The van der Waals surface area contributed by atoms with Gasteiger partial charge in [0.25, 0.3) is 0 Å². The molecule has 1 heterocycles. The molecule has 0 radical (unpaired) electrons. The average Bonchev–Trinajstić information content (AvgIpc) is 3.05. The van der Waals surface area contributed by atoms with Crippen LogP contribution < -0.4 is 5.43 Å². The van der Waals surface area contributed by atoms with E-state index < -0.39 is 6.09 Å². The van der Waals surface area contributed by atoms with Gasteiger partial charge in [-0.2, -0.15) is 5.10 Å². The summed E-state index contributed by atoms with van der Waals surface area (Å²) in [5.74, 6) is 0.0398. The second-order valence-electron chi connectivity index (χ2n) is 6.89. The normalized spacial score (nSPS) is 15.6. The highest BCUT2D eigenvalue weighted by molar-refractivity contribution is 5.87. The minimum Gasteiger partial charge on any atom is -0.464 e. The zero-order valence-corrected chi connectivity index (χ0v) is 15.3. The van der Waals surface area contributed by atoms with Gasteiger partial charge in [0.05, 0.1) is 0 Å². The number of benzene rings is 2. The molecule has 1 saturated heterocycles. The van der Waals surface area contributed by atoms with Crippen LogP contribution in [0.3, 0.4) is 0 Å². The molecule has 0 saturated carbocycles. The topological polar surface area (TPSA) is 91.2 Å².